The standard InChI is InChI=1S/C16H25BrN2/c1-4-18-10-14-9-15(17)5-6-16(14)19-8-7-13(11-19)12(2)3/h5-6,9,12-13,18H,4,7-8,10-11H2,1-3H3. The Morgan fingerprint density at radius 1 is 1.42 bits per heavy atom. The second-order valence-corrected chi connectivity index (χ2v) is 6.71. The minimum absolute atomic E-state index is 0.790. The number of hydrogen-bond donors (Lipinski definition) is 1. The van der Waals surface area contributed by atoms with Crippen LogP contribution in [0.1, 0.15) is 32.8 Å². The van der Waals surface area contributed by atoms with E-state index in [4.69, 9.17) is 0 Å². The molecule has 1 atom stereocenters. The van der Waals surface area contributed by atoms with Crippen LogP contribution in [0.5, 0.6) is 0 Å². The second kappa shape index (κ2) is 6.76. The molecule has 0 saturated carbocycles. The summed E-state index contributed by atoms with van der Waals surface area (Å²) in [5.41, 5.74) is 2.81. The SMILES string of the molecule is CCNCc1cc(Br)ccc1N1CCC(C(C)C)C1. The maximum absolute atomic E-state index is 3.59. The largest absolute Gasteiger partial charge is 0.371 e. The van der Waals surface area contributed by atoms with Crippen LogP contribution in [-0.4, -0.2) is 19.6 Å². The molecule has 1 aliphatic heterocycles. The van der Waals surface area contributed by atoms with Gasteiger partial charge >= 0.3 is 0 Å². The monoisotopic (exact) mass is 324 g/mol. The molecule has 0 aromatic heterocycles. The first-order chi connectivity index (χ1) is 9.11. The van der Waals surface area contributed by atoms with Crippen molar-refractivity contribution in [1.82, 2.24) is 5.32 Å². The van der Waals surface area contributed by atoms with E-state index in [0.717, 1.165) is 24.9 Å². The molecule has 106 valence electrons. The third-order valence-corrected chi connectivity index (χ3v) is 4.61. The van der Waals surface area contributed by atoms with Gasteiger partial charge in [0.1, 0.15) is 0 Å². The minimum Gasteiger partial charge on any atom is -0.371 e. The molecular weight excluding hydrogens is 300 g/mol. The maximum Gasteiger partial charge on any atom is 0.0412 e. The summed E-state index contributed by atoms with van der Waals surface area (Å²) in [4.78, 5) is 2.56. The molecule has 1 fully saturated rings. The van der Waals surface area contributed by atoms with Crippen LogP contribution in [0.25, 0.3) is 0 Å². The van der Waals surface area contributed by atoms with E-state index < -0.39 is 0 Å². The van der Waals surface area contributed by atoms with Crippen LogP contribution in [0.15, 0.2) is 22.7 Å². The van der Waals surface area contributed by atoms with Crippen LogP contribution < -0.4 is 10.2 Å². The van der Waals surface area contributed by atoms with E-state index in [1.54, 1.807) is 0 Å². The van der Waals surface area contributed by atoms with E-state index >= 15 is 0 Å². The molecule has 0 amide bonds. The topological polar surface area (TPSA) is 15.3 Å². The Balaban J connectivity index is 2.15. The van der Waals surface area contributed by atoms with Crippen LogP contribution in [-0.2, 0) is 6.54 Å². The normalized spacial score (nSPS) is 19.4. The Kier molecular flexibility index (Phi) is 5.28. The molecule has 1 aliphatic rings. The van der Waals surface area contributed by atoms with Crippen LogP contribution in [0, 0.1) is 11.8 Å². The summed E-state index contributed by atoms with van der Waals surface area (Å²) in [7, 11) is 0. The fourth-order valence-corrected chi connectivity index (χ4v) is 3.22. The molecule has 2 rings (SSSR count). The Bertz CT molecular complexity index is 417. The van der Waals surface area contributed by atoms with E-state index in [1.807, 2.05) is 0 Å². The first kappa shape index (κ1) is 14.9. The van der Waals surface area contributed by atoms with Gasteiger partial charge in [0.2, 0.25) is 0 Å². The number of anilines is 1. The number of benzene rings is 1. The Hall–Kier alpha value is -0.540. The molecule has 3 heteroatoms. The average molecular weight is 325 g/mol. The first-order valence-electron chi connectivity index (χ1n) is 7.36. The fourth-order valence-electron chi connectivity index (χ4n) is 2.81. The number of halogens is 1. The van der Waals surface area contributed by atoms with Crippen molar-refractivity contribution in [1.29, 1.82) is 0 Å². The minimum atomic E-state index is 0.790. The molecule has 0 bridgehead atoms. The van der Waals surface area contributed by atoms with Gasteiger partial charge in [0.15, 0.2) is 0 Å². The van der Waals surface area contributed by atoms with E-state index in [2.05, 4.69) is 65.1 Å². The lowest BCUT2D eigenvalue weighted by Crippen LogP contribution is -2.24. The second-order valence-electron chi connectivity index (χ2n) is 5.79. The van der Waals surface area contributed by atoms with Gasteiger partial charge in [-0.05, 0) is 48.6 Å². The molecule has 1 N–H and O–H groups in total. The molecule has 1 heterocycles. The molecule has 1 unspecified atom stereocenters. The van der Waals surface area contributed by atoms with Crippen molar-refractivity contribution >= 4 is 21.6 Å². The smallest absolute Gasteiger partial charge is 0.0412 e. The molecule has 1 saturated heterocycles. The van der Waals surface area contributed by atoms with Crippen molar-refractivity contribution in [2.75, 3.05) is 24.5 Å². The lowest BCUT2D eigenvalue weighted by Gasteiger charge is -2.23. The molecule has 0 radical (unpaired) electrons. The molecule has 0 aliphatic carbocycles. The van der Waals surface area contributed by atoms with Gasteiger partial charge < -0.3 is 10.2 Å². The Morgan fingerprint density at radius 3 is 2.84 bits per heavy atom. The zero-order chi connectivity index (χ0) is 13.8. The summed E-state index contributed by atoms with van der Waals surface area (Å²) in [5, 5.41) is 3.44. The summed E-state index contributed by atoms with van der Waals surface area (Å²) in [5.74, 6) is 1.63. The van der Waals surface area contributed by atoms with Crippen LogP contribution in [0.4, 0.5) is 5.69 Å². The highest BCUT2D eigenvalue weighted by Gasteiger charge is 2.26. The average Bonchev–Trinajstić information content (AvgIpc) is 2.86. The number of rotatable bonds is 5. The quantitative estimate of drug-likeness (QED) is 0.879. The van der Waals surface area contributed by atoms with Gasteiger partial charge in [-0.1, -0.05) is 36.7 Å². The van der Waals surface area contributed by atoms with E-state index in [-0.39, 0.29) is 0 Å². The summed E-state index contributed by atoms with van der Waals surface area (Å²) in [6.07, 6.45) is 1.33. The van der Waals surface area contributed by atoms with Crippen molar-refractivity contribution in [2.45, 2.75) is 33.7 Å². The van der Waals surface area contributed by atoms with Gasteiger partial charge in [0.25, 0.3) is 0 Å². The molecule has 2 nitrogen and oxygen atoms in total. The van der Waals surface area contributed by atoms with Crippen LogP contribution in [0.3, 0.4) is 0 Å². The zero-order valence-electron chi connectivity index (χ0n) is 12.2. The highest BCUT2D eigenvalue weighted by Crippen LogP contribution is 2.31. The van der Waals surface area contributed by atoms with Gasteiger partial charge in [-0.3, -0.25) is 0 Å². The number of nitrogens with one attached hydrogen (secondary N) is 1. The molecule has 0 spiro atoms. The summed E-state index contributed by atoms with van der Waals surface area (Å²) in [6, 6.07) is 6.67. The summed E-state index contributed by atoms with van der Waals surface area (Å²) in [6.45, 7) is 11.2. The van der Waals surface area contributed by atoms with Crippen molar-refractivity contribution in [3.05, 3.63) is 28.2 Å². The van der Waals surface area contributed by atoms with Gasteiger partial charge in [-0.2, -0.15) is 0 Å². The maximum atomic E-state index is 3.59. The van der Waals surface area contributed by atoms with Crippen LogP contribution in [0.2, 0.25) is 0 Å². The summed E-state index contributed by atoms with van der Waals surface area (Å²) >= 11 is 3.59. The van der Waals surface area contributed by atoms with Crippen molar-refractivity contribution in [2.24, 2.45) is 11.8 Å². The Morgan fingerprint density at radius 2 is 2.21 bits per heavy atom. The van der Waals surface area contributed by atoms with E-state index in [9.17, 15) is 0 Å². The third kappa shape index (κ3) is 3.73. The van der Waals surface area contributed by atoms with Gasteiger partial charge in [0.05, 0.1) is 0 Å². The molecule has 1 aromatic rings. The number of hydrogen-bond acceptors (Lipinski definition) is 2. The van der Waals surface area contributed by atoms with Crippen molar-refractivity contribution in [3.8, 4) is 0 Å². The molecule has 19 heavy (non-hydrogen) atoms. The Labute approximate surface area is 125 Å². The predicted octanol–water partition coefficient (Wildman–Crippen LogP) is 4.04. The lowest BCUT2D eigenvalue weighted by molar-refractivity contribution is 0.422. The predicted molar refractivity (Wildman–Crippen MR) is 86.7 cm³/mol. The lowest BCUT2D eigenvalue weighted by atomic mass is 9.95. The molecular formula is C16H25BrN2. The highest BCUT2D eigenvalue weighted by atomic mass is 79.9. The third-order valence-electron chi connectivity index (χ3n) is 4.12. The van der Waals surface area contributed by atoms with E-state index in [0.29, 0.717) is 0 Å². The highest BCUT2D eigenvalue weighted by molar-refractivity contribution is 9.10. The van der Waals surface area contributed by atoms with Gasteiger partial charge in [-0.25, -0.2) is 0 Å². The zero-order valence-corrected chi connectivity index (χ0v) is 13.8. The fraction of sp³-hybridized carbons (Fsp3) is 0.625. The summed E-state index contributed by atoms with van der Waals surface area (Å²) < 4.78 is 1.17. The first-order valence-corrected chi connectivity index (χ1v) is 8.15. The van der Waals surface area contributed by atoms with Crippen LogP contribution >= 0.6 is 15.9 Å². The van der Waals surface area contributed by atoms with Gasteiger partial charge in [-0.15, -0.1) is 0 Å². The number of nitrogens with zero attached hydrogens (tertiary/aromatic N) is 1. The van der Waals surface area contributed by atoms with E-state index in [1.165, 1.54) is 35.2 Å². The van der Waals surface area contributed by atoms with Crippen molar-refractivity contribution in [3.63, 3.8) is 0 Å². The van der Waals surface area contributed by atoms with Gasteiger partial charge in [0, 0.05) is 29.8 Å². The molecule has 1 aromatic carbocycles. The van der Waals surface area contributed by atoms with Crippen molar-refractivity contribution < 1.29 is 0 Å².